The maximum absolute atomic E-state index is 11.0. The van der Waals surface area contributed by atoms with Crippen molar-refractivity contribution in [2.45, 2.75) is 31.8 Å². The summed E-state index contributed by atoms with van der Waals surface area (Å²) in [5.41, 5.74) is 3.65. The first kappa shape index (κ1) is 23.7. The highest BCUT2D eigenvalue weighted by Gasteiger charge is 2.26. The van der Waals surface area contributed by atoms with Gasteiger partial charge in [-0.2, -0.15) is 0 Å². The Bertz CT molecular complexity index is 1200. The van der Waals surface area contributed by atoms with Crippen molar-refractivity contribution in [3.8, 4) is 17.2 Å². The van der Waals surface area contributed by atoms with Crippen LogP contribution in [-0.4, -0.2) is 36.6 Å². The number of aliphatic carboxylic acids is 1. The Morgan fingerprint density at radius 1 is 0.972 bits per heavy atom. The van der Waals surface area contributed by atoms with E-state index in [-0.39, 0.29) is 12.3 Å². The summed E-state index contributed by atoms with van der Waals surface area (Å²) in [4.78, 5) is 16.6. The summed E-state index contributed by atoms with van der Waals surface area (Å²) >= 11 is 0. The molecule has 186 valence electrons. The zero-order valence-corrected chi connectivity index (χ0v) is 20.0. The van der Waals surface area contributed by atoms with Crippen LogP contribution in [0.25, 0.3) is 0 Å². The Kier molecular flexibility index (Phi) is 7.36. The van der Waals surface area contributed by atoms with Crippen LogP contribution in [0.15, 0.2) is 78.0 Å². The molecule has 1 saturated carbocycles. The van der Waals surface area contributed by atoms with Crippen molar-refractivity contribution in [2.24, 2.45) is 11.1 Å². The van der Waals surface area contributed by atoms with Gasteiger partial charge in [0.2, 0.25) is 0 Å². The lowest BCUT2D eigenvalue weighted by Gasteiger charge is -2.11. The first-order chi connectivity index (χ1) is 17.6. The predicted molar refractivity (Wildman–Crippen MR) is 135 cm³/mol. The van der Waals surface area contributed by atoms with Gasteiger partial charge in [0.05, 0.1) is 13.0 Å². The van der Waals surface area contributed by atoms with E-state index in [0.717, 1.165) is 28.2 Å². The van der Waals surface area contributed by atoms with E-state index in [2.05, 4.69) is 5.16 Å². The number of carboxylic acids is 1. The van der Waals surface area contributed by atoms with Gasteiger partial charge in [-0.15, -0.1) is 0 Å². The molecule has 0 aromatic heterocycles. The van der Waals surface area contributed by atoms with Crippen LogP contribution in [0.2, 0.25) is 0 Å². The van der Waals surface area contributed by atoms with E-state index in [1.807, 2.05) is 72.8 Å². The van der Waals surface area contributed by atoms with Crippen LogP contribution >= 0.6 is 0 Å². The van der Waals surface area contributed by atoms with Crippen LogP contribution in [0.4, 0.5) is 0 Å². The molecule has 0 spiro atoms. The molecule has 0 saturated heterocycles. The lowest BCUT2D eigenvalue weighted by atomic mass is 9.98. The molecule has 1 aliphatic carbocycles. The fourth-order valence-corrected chi connectivity index (χ4v) is 4.02. The van der Waals surface area contributed by atoms with Gasteiger partial charge in [0.1, 0.15) is 42.8 Å². The van der Waals surface area contributed by atoms with E-state index >= 15 is 0 Å². The monoisotopic (exact) mass is 487 g/mol. The number of rotatable bonds is 12. The third-order valence-electron chi connectivity index (χ3n) is 6.28. The molecule has 1 fully saturated rings. The Morgan fingerprint density at radius 3 is 2.50 bits per heavy atom. The lowest BCUT2D eigenvalue weighted by Crippen LogP contribution is -2.14. The number of nitrogens with zero attached hydrogens (tertiary/aromatic N) is 1. The van der Waals surface area contributed by atoms with Crippen molar-refractivity contribution < 1.29 is 28.9 Å². The highest BCUT2D eigenvalue weighted by molar-refractivity contribution is 6.01. The van der Waals surface area contributed by atoms with Crippen LogP contribution in [0.5, 0.6) is 17.2 Å². The van der Waals surface area contributed by atoms with Crippen molar-refractivity contribution in [3.05, 3.63) is 89.5 Å². The quantitative estimate of drug-likeness (QED) is 0.271. The Balaban J connectivity index is 1.14. The highest BCUT2D eigenvalue weighted by atomic mass is 16.6. The second kappa shape index (κ2) is 11.2. The first-order valence-corrected chi connectivity index (χ1v) is 12.2. The highest BCUT2D eigenvalue weighted by Crippen LogP contribution is 2.38. The van der Waals surface area contributed by atoms with Crippen molar-refractivity contribution in [2.75, 3.05) is 19.8 Å². The molecule has 0 bridgehead atoms. The Morgan fingerprint density at radius 2 is 1.75 bits per heavy atom. The van der Waals surface area contributed by atoms with Gasteiger partial charge in [-0.3, -0.25) is 4.79 Å². The number of fused-ring (bicyclic) bond motifs is 1. The summed E-state index contributed by atoms with van der Waals surface area (Å²) in [5, 5.41) is 13.4. The number of hydrogen-bond acceptors (Lipinski definition) is 6. The van der Waals surface area contributed by atoms with E-state index in [1.165, 1.54) is 12.8 Å². The van der Waals surface area contributed by atoms with Crippen LogP contribution in [0.3, 0.4) is 0 Å². The Hall–Kier alpha value is -4.00. The molecule has 36 heavy (non-hydrogen) atoms. The maximum atomic E-state index is 11.0. The second-order valence-corrected chi connectivity index (χ2v) is 9.17. The standard InChI is InChI=1S/C29H29NO6/c31-29(32)14-23-18-35-28-15-25(12-13-26(23)28)33-16-20-8-10-24(11-9-20)34-19-27(22-4-2-1-3-5-22)30-36-17-21-6-7-21/h1-5,8-13,15,21,23H,6-7,14,16-19H2,(H,31,32). The normalized spacial score (nSPS) is 16.7. The summed E-state index contributed by atoms with van der Waals surface area (Å²) in [5.74, 6) is 1.81. The van der Waals surface area contributed by atoms with E-state index in [1.54, 1.807) is 0 Å². The smallest absolute Gasteiger partial charge is 0.304 e. The largest absolute Gasteiger partial charge is 0.492 e. The fourth-order valence-electron chi connectivity index (χ4n) is 4.02. The van der Waals surface area contributed by atoms with Gasteiger partial charge in [0.25, 0.3) is 0 Å². The third-order valence-corrected chi connectivity index (χ3v) is 6.28. The molecule has 7 nitrogen and oxygen atoms in total. The minimum absolute atomic E-state index is 0.0633. The van der Waals surface area contributed by atoms with E-state index in [9.17, 15) is 4.79 Å². The number of benzene rings is 3. The van der Waals surface area contributed by atoms with Gasteiger partial charge in [-0.05, 0) is 42.5 Å². The number of hydrogen-bond donors (Lipinski definition) is 1. The van der Waals surface area contributed by atoms with Crippen molar-refractivity contribution >= 4 is 11.7 Å². The summed E-state index contributed by atoms with van der Waals surface area (Å²) in [6, 6.07) is 23.2. The number of carboxylic acid groups (broad SMARTS) is 1. The number of oxime groups is 1. The fraction of sp³-hybridized carbons (Fsp3) is 0.310. The molecule has 0 radical (unpaired) electrons. The number of carbonyl (C=O) groups is 1. The lowest BCUT2D eigenvalue weighted by molar-refractivity contribution is -0.137. The molecule has 1 atom stereocenters. The molecule has 1 N–H and O–H groups in total. The molecule has 0 amide bonds. The molecule has 7 heteroatoms. The molecule has 5 rings (SSSR count). The maximum Gasteiger partial charge on any atom is 0.304 e. The molecular weight excluding hydrogens is 458 g/mol. The van der Waals surface area contributed by atoms with E-state index < -0.39 is 5.97 Å². The second-order valence-electron chi connectivity index (χ2n) is 9.17. The molecule has 1 heterocycles. The van der Waals surface area contributed by atoms with Crippen LogP contribution in [0, 0.1) is 5.92 Å². The zero-order valence-electron chi connectivity index (χ0n) is 20.0. The van der Waals surface area contributed by atoms with Gasteiger partial charge in [-0.1, -0.05) is 53.7 Å². The van der Waals surface area contributed by atoms with E-state index in [0.29, 0.717) is 43.8 Å². The minimum atomic E-state index is -0.824. The molecule has 1 unspecified atom stereocenters. The summed E-state index contributed by atoms with van der Waals surface area (Å²) in [6.07, 6.45) is 2.50. The number of ether oxygens (including phenoxy) is 3. The zero-order chi connectivity index (χ0) is 24.7. The molecule has 1 aliphatic heterocycles. The van der Waals surface area contributed by atoms with Gasteiger partial charge in [0.15, 0.2) is 0 Å². The summed E-state index contributed by atoms with van der Waals surface area (Å²) in [7, 11) is 0. The van der Waals surface area contributed by atoms with Crippen molar-refractivity contribution in [1.29, 1.82) is 0 Å². The van der Waals surface area contributed by atoms with Crippen molar-refractivity contribution in [1.82, 2.24) is 0 Å². The first-order valence-electron chi connectivity index (χ1n) is 12.2. The van der Waals surface area contributed by atoms with Crippen LogP contribution in [0.1, 0.15) is 41.9 Å². The average Bonchev–Trinajstić information content (AvgIpc) is 3.65. The van der Waals surface area contributed by atoms with Gasteiger partial charge >= 0.3 is 5.97 Å². The Labute approximate surface area is 210 Å². The average molecular weight is 488 g/mol. The van der Waals surface area contributed by atoms with Crippen molar-refractivity contribution in [3.63, 3.8) is 0 Å². The van der Waals surface area contributed by atoms with Gasteiger partial charge in [-0.25, -0.2) is 0 Å². The third kappa shape index (κ3) is 6.36. The molecule has 3 aromatic rings. The summed E-state index contributed by atoms with van der Waals surface area (Å²) in [6.45, 7) is 1.74. The molecule has 2 aliphatic rings. The predicted octanol–water partition coefficient (Wildman–Crippen LogP) is 5.43. The van der Waals surface area contributed by atoms with E-state index in [4.69, 9.17) is 24.2 Å². The minimum Gasteiger partial charge on any atom is -0.492 e. The van der Waals surface area contributed by atoms with Crippen LogP contribution < -0.4 is 14.2 Å². The SMILES string of the molecule is O=C(O)CC1COc2cc(OCc3ccc(OCC(=NOCC4CC4)c4ccccc4)cc3)ccc21. The van der Waals surface area contributed by atoms with Crippen LogP contribution in [-0.2, 0) is 16.2 Å². The molecule has 3 aromatic carbocycles. The van der Waals surface area contributed by atoms with Gasteiger partial charge < -0.3 is 24.2 Å². The van der Waals surface area contributed by atoms with Gasteiger partial charge in [0, 0.05) is 23.1 Å². The molecular formula is C29H29NO6. The topological polar surface area (TPSA) is 86.6 Å². The summed E-state index contributed by atoms with van der Waals surface area (Å²) < 4.78 is 17.6.